The van der Waals surface area contributed by atoms with Gasteiger partial charge in [0.15, 0.2) is 0 Å². The molecule has 0 spiro atoms. The molecule has 2 N–H and O–H groups in total. The number of nitrogens with zero attached hydrogens (tertiary/aromatic N) is 2. The van der Waals surface area contributed by atoms with E-state index < -0.39 is 0 Å². The maximum atomic E-state index is 6.11. The number of nitrogen functional groups attached to an aromatic ring is 1. The number of fused-ring (bicyclic) bond motifs is 1. The Bertz CT molecular complexity index is 676. The molecule has 84 valence electrons. The Labute approximate surface area is 107 Å². The maximum Gasteiger partial charge on any atom is 0.143 e. The Balaban J connectivity index is 2.18. The second-order valence-corrected chi connectivity index (χ2v) is 4.99. The number of rotatable bonds is 1. The van der Waals surface area contributed by atoms with E-state index >= 15 is 0 Å². The lowest BCUT2D eigenvalue weighted by atomic mass is 10.3. The average molecular weight is 262 g/mol. The zero-order valence-corrected chi connectivity index (χ0v) is 10.3. The highest BCUT2D eigenvalue weighted by atomic mass is 35.5. The number of halogens is 1. The van der Waals surface area contributed by atoms with Crippen molar-refractivity contribution in [2.75, 3.05) is 5.73 Å². The third kappa shape index (κ3) is 1.85. The predicted molar refractivity (Wildman–Crippen MR) is 72.3 cm³/mol. The molecular weight excluding hydrogens is 254 g/mol. The average Bonchev–Trinajstić information content (AvgIpc) is 2.75. The van der Waals surface area contributed by atoms with Crippen molar-refractivity contribution in [3.05, 3.63) is 41.6 Å². The van der Waals surface area contributed by atoms with Gasteiger partial charge in [-0.2, -0.15) is 0 Å². The van der Waals surface area contributed by atoms with Crippen LogP contribution in [0.5, 0.6) is 0 Å². The van der Waals surface area contributed by atoms with Crippen LogP contribution < -0.4 is 5.73 Å². The smallest absolute Gasteiger partial charge is 0.143 e. The number of thiazole rings is 1. The van der Waals surface area contributed by atoms with Gasteiger partial charge in [0.2, 0.25) is 0 Å². The molecule has 0 aliphatic heterocycles. The van der Waals surface area contributed by atoms with Crippen LogP contribution in [-0.2, 0) is 0 Å². The number of benzene rings is 1. The quantitative estimate of drug-likeness (QED) is 0.728. The van der Waals surface area contributed by atoms with Crippen LogP contribution in [0, 0.1) is 0 Å². The monoisotopic (exact) mass is 261 g/mol. The third-order valence-electron chi connectivity index (χ3n) is 2.37. The molecule has 0 bridgehead atoms. The van der Waals surface area contributed by atoms with Crippen molar-refractivity contribution in [2.24, 2.45) is 0 Å². The van der Waals surface area contributed by atoms with Gasteiger partial charge in [-0.1, -0.05) is 17.7 Å². The highest BCUT2D eigenvalue weighted by Crippen LogP contribution is 2.33. The van der Waals surface area contributed by atoms with Gasteiger partial charge in [0.25, 0.3) is 0 Å². The lowest BCUT2D eigenvalue weighted by Gasteiger charge is -1.94. The van der Waals surface area contributed by atoms with Crippen LogP contribution in [0.1, 0.15) is 0 Å². The molecule has 0 saturated carbocycles. The molecule has 0 radical (unpaired) electrons. The molecule has 17 heavy (non-hydrogen) atoms. The summed E-state index contributed by atoms with van der Waals surface area (Å²) in [6, 6.07) is 9.38. The number of anilines is 1. The van der Waals surface area contributed by atoms with Crippen LogP contribution in [0.4, 0.5) is 5.69 Å². The Hall–Kier alpha value is -1.65. The van der Waals surface area contributed by atoms with Gasteiger partial charge in [-0.3, -0.25) is 4.98 Å². The minimum atomic E-state index is 0.646. The first kappa shape index (κ1) is 10.5. The van der Waals surface area contributed by atoms with E-state index in [0.29, 0.717) is 5.69 Å². The number of pyridine rings is 1. The van der Waals surface area contributed by atoms with E-state index in [9.17, 15) is 0 Å². The summed E-state index contributed by atoms with van der Waals surface area (Å²) in [5.41, 5.74) is 7.96. The van der Waals surface area contributed by atoms with Crippen LogP contribution in [0.3, 0.4) is 0 Å². The Morgan fingerprint density at radius 1 is 1.18 bits per heavy atom. The zero-order chi connectivity index (χ0) is 11.8. The molecule has 3 rings (SSSR count). The normalized spacial score (nSPS) is 10.9. The summed E-state index contributed by atoms with van der Waals surface area (Å²) in [5.74, 6) is 0. The molecule has 3 aromatic rings. The number of nitrogens with two attached hydrogens (primary N) is 1. The summed E-state index contributed by atoms with van der Waals surface area (Å²) >= 11 is 7.65. The molecule has 0 atom stereocenters. The topological polar surface area (TPSA) is 51.8 Å². The molecule has 0 fully saturated rings. The number of hydrogen-bond acceptors (Lipinski definition) is 4. The molecule has 0 aliphatic carbocycles. The fourth-order valence-electron chi connectivity index (χ4n) is 1.56. The van der Waals surface area contributed by atoms with Crippen molar-refractivity contribution in [3.8, 4) is 10.7 Å². The first-order valence-corrected chi connectivity index (χ1v) is 6.20. The largest absolute Gasteiger partial charge is 0.397 e. The van der Waals surface area contributed by atoms with Crippen LogP contribution in [0.15, 0.2) is 36.5 Å². The molecule has 0 unspecified atom stereocenters. The molecule has 3 nitrogen and oxygen atoms in total. The molecule has 0 aliphatic rings. The van der Waals surface area contributed by atoms with E-state index in [2.05, 4.69) is 9.97 Å². The molecule has 1 aromatic carbocycles. The van der Waals surface area contributed by atoms with E-state index in [1.54, 1.807) is 6.20 Å². The van der Waals surface area contributed by atoms with Gasteiger partial charge in [0.05, 0.1) is 32.8 Å². The van der Waals surface area contributed by atoms with Crippen LogP contribution in [0.25, 0.3) is 20.9 Å². The zero-order valence-electron chi connectivity index (χ0n) is 8.72. The lowest BCUT2D eigenvalue weighted by molar-refractivity contribution is 1.31. The lowest BCUT2D eigenvalue weighted by Crippen LogP contribution is -1.87. The molecule has 2 heterocycles. The maximum absolute atomic E-state index is 6.11. The Kier molecular flexibility index (Phi) is 2.46. The highest BCUT2D eigenvalue weighted by molar-refractivity contribution is 7.22. The summed E-state index contributed by atoms with van der Waals surface area (Å²) in [5, 5.41) is 1.58. The van der Waals surface area contributed by atoms with E-state index in [-0.39, 0.29) is 0 Å². The van der Waals surface area contributed by atoms with E-state index in [1.165, 1.54) is 11.3 Å². The number of hydrogen-bond donors (Lipinski definition) is 1. The fourth-order valence-corrected chi connectivity index (χ4v) is 2.79. The molecule has 0 amide bonds. The first-order chi connectivity index (χ1) is 8.24. The Morgan fingerprint density at radius 2 is 2.06 bits per heavy atom. The van der Waals surface area contributed by atoms with Gasteiger partial charge in [0, 0.05) is 0 Å². The second kappa shape index (κ2) is 3.98. The first-order valence-electron chi connectivity index (χ1n) is 5.01. The summed E-state index contributed by atoms with van der Waals surface area (Å²) < 4.78 is 0.989. The van der Waals surface area contributed by atoms with Crippen LogP contribution in [-0.4, -0.2) is 9.97 Å². The van der Waals surface area contributed by atoms with Crippen LogP contribution >= 0.6 is 22.9 Å². The summed E-state index contributed by atoms with van der Waals surface area (Å²) in [4.78, 5) is 8.76. The minimum Gasteiger partial charge on any atom is -0.397 e. The SMILES string of the molecule is Nc1ccc(-c2nc3cccc(Cl)c3s2)nc1. The van der Waals surface area contributed by atoms with Gasteiger partial charge >= 0.3 is 0 Å². The van der Waals surface area contributed by atoms with Crippen molar-refractivity contribution < 1.29 is 0 Å². The van der Waals surface area contributed by atoms with Crippen molar-refractivity contribution in [1.82, 2.24) is 9.97 Å². The van der Waals surface area contributed by atoms with Crippen molar-refractivity contribution >= 4 is 38.8 Å². The van der Waals surface area contributed by atoms with Gasteiger partial charge in [-0.25, -0.2) is 4.98 Å². The molecule has 2 aromatic heterocycles. The van der Waals surface area contributed by atoms with Gasteiger partial charge < -0.3 is 5.73 Å². The summed E-state index contributed by atoms with van der Waals surface area (Å²) in [6.45, 7) is 0. The van der Waals surface area contributed by atoms with Gasteiger partial charge in [-0.15, -0.1) is 11.3 Å². The van der Waals surface area contributed by atoms with Crippen LogP contribution in [0.2, 0.25) is 5.02 Å². The molecular formula is C12H8ClN3S. The summed E-state index contributed by atoms with van der Waals surface area (Å²) in [7, 11) is 0. The Morgan fingerprint density at radius 3 is 2.76 bits per heavy atom. The van der Waals surface area contributed by atoms with E-state index in [0.717, 1.165) is 25.9 Å². The van der Waals surface area contributed by atoms with Gasteiger partial charge in [-0.05, 0) is 24.3 Å². The third-order valence-corrected chi connectivity index (χ3v) is 3.93. The molecule has 0 saturated heterocycles. The second-order valence-electron chi connectivity index (χ2n) is 3.58. The standard InChI is InChI=1S/C12H8ClN3S/c13-8-2-1-3-9-11(8)17-12(16-9)10-5-4-7(14)6-15-10/h1-6H,14H2. The predicted octanol–water partition coefficient (Wildman–Crippen LogP) is 3.59. The van der Waals surface area contributed by atoms with E-state index in [1.807, 2.05) is 30.3 Å². The highest BCUT2D eigenvalue weighted by Gasteiger charge is 2.09. The van der Waals surface area contributed by atoms with E-state index in [4.69, 9.17) is 17.3 Å². The minimum absolute atomic E-state index is 0.646. The van der Waals surface area contributed by atoms with Gasteiger partial charge in [0.1, 0.15) is 5.01 Å². The van der Waals surface area contributed by atoms with Crippen molar-refractivity contribution in [2.45, 2.75) is 0 Å². The summed E-state index contributed by atoms with van der Waals surface area (Å²) in [6.07, 6.45) is 1.63. The fraction of sp³-hybridized carbons (Fsp3) is 0. The van der Waals surface area contributed by atoms with Crippen molar-refractivity contribution in [1.29, 1.82) is 0 Å². The number of aromatic nitrogens is 2. The molecule has 5 heteroatoms. The van der Waals surface area contributed by atoms with Crippen molar-refractivity contribution in [3.63, 3.8) is 0 Å².